The standard InChI is InChI=1S/C23H34NO5PS2/c1-5-29-30(25,31)32-18-28-22(16-24(2)3)17-27-23-12-7-6-10-20(23)14-13-19-9-8-11-21(15-19)26-4/h6-12,15,22H,5,13-14,16-18H2,1-4H3,(H,25,31). The summed E-state index contributed by atoms with van der Waals surface area (Å²) in [5, 5.41) is 0. The van der Waals surface area contributed by atoms with Gasteiger partial charge in [0, 0.05) is 6.54 Å². The Bertz CT molecular complexity index is 868. The van der Waals surface area contributed by atoms with Crippen molar-refractivity contribution in [3.8, 4) is 11.5 Å². The second kappa shape index (κ2) is 14.2. The molecular weight excluding hydrogens is 465 g/mol. The Morgan fingerprint density at radius 3 is 2.62 bits per heavy atom. The molecule has 0 bridgehead atoms. The molecular formula is C23H34NO5PS2. The number of aryl methyl sites for hydroxylation is 2. The zero-order valence-corrected chi connectivity index (χ0v) is 21.8. The Labute approximate surface area is 201 Å². The lowest BCUT2D eigenvalue weighted by atomic mass is 10.0. The third-order valence-electron chi connectivity index (χ3n) is 4.60. The molecule has 2 unspecified atom stereocenters. The topological polar surface area (TPSA) is 57.2 Å². The van der Waals surface area contributed by atoms with Gasteiger partial charge in [-0.15, -0.1) is 0 Å². The van der Waals surface area contributed by atoms with Crippen LogP contribution in [0.4, 0.5) is 0 Å². The molecule has 2 aromatic carbocycles. The largest absolute Gasteiger partial charge is 0.497 e. The molecule has 6 nitrogen and oxygen atoms in total. The van der Waals surface area contributed by atoms with Gasteiger partial charge in [0.05, 0.1) is 13.7 Å². The molecule has 178 valence electrons. The third kappa shape index (κ3) is 10.2. The van der Waals surface area contributed by atoms with Crippen LogP contribution in [0.5, 0.6) is 11.5 Å². The number of benzene rings is 2. The summed E-state index contributed by atoms with van der Waals surface area (Å²) in [6.07, 6.45) is 1.56. The van der Waals surface area contributed by atoms with Gasteiger partial charge in [0.25, 0.3) is 0 Å². The maximum absolute atomic E-state index is 12.1. The van der Waals surface area contributed by atoms with Crippen molar-refractivity contribution in [1.29, 1.82) is 0 Å². The summed E-state index contributed by atoms with van der Waals surface area (Å²) < 4.78 is 34.7. The van der Waals surface area contributed by atoms with Crippen LogP contribution in [0.2, 0.25) is 0 Å². The van der Waals surface area contributed by atoms with E-state index in [-0.39, 0.29) is 12.0 Å². The fraction of sp³-hybridized carbons (Fsp3) is 0.478. The maximum atomic E-state index is 12.1. The van der Waals surface area contributed by atoms with Crippen molar-refractivity contribution in [2.24, 2.45) is 0 Å². The molecule has 2 aromatic rings. The quantitative estimate of drug-likeness (QED) is 0.195. The maximum Gasteiger partial charge on any atom is 0.312 e. The van der Waals surface area contributed by atoms with Crippen LogP contribution in [0.25, 0.3) is 0 Å². The van der Waals surface area contributed by atoms with Crippen LogP contribution in [-0.2, 0) is 26.7 Å². The summed E-state index contributed by atoms with van der Waals surface area (Å²) >= 11 is 5.18. The van der Waals surface area contributed by atoms with E-state index in [0.717, 1.165) is 41.3 Å². The van der Waals surface area contributed by atoms with Crippen LogP contribution in [0.15, 0.2) is 48.5 Å². The first-order valence-corrected chi connectivity index (χ1v) is 14.9. The van der Waals surface area contributed by atoms with Crippen molar-refractivity contribution < 1.29 is 23.3 Å². The molecule has 0 N–H and O–H groups in total. The highest BCUT2D eigenvalue weighted by Crippen LogP contribution is 2.63. The van der Waals surface area contributed by atoms with Gasteiger partial charge in [-0.3, -0.25) is 4.57 Å². The average Bonchev–Trinajstić information content (AvgIpc) is 2.76. The van der Waals surface area contributed by atoms with Gasteiger partial charge in [-0.2, -0.15) is 0 Å². The minimum atomic E-state index is -2.99. The Morgan fingerprint density at radius 2 is 1.91 bits per heavy atom. The van der Waals surface area contributed by atoms with Gasteiger partial charge in [-0.05, 0) is 74.6 Å². The van der Waals surface area contributed by atoms with Gasteiger partial charge in [-0.1, -0.05) is 42.6 Å². The van der Waals surface area contributed by atoms with Crippen molar-refractivity contribution in [2.45, 2.75) is 25.9 Å². The molecule has 0 saturated heterocycles. The minimum absolute atomic E-state index is 0.182. The van der Waals surface area contributed by atoms with E-state index in [1.165, 1.54) is 5.56 Å². The summed E-state index contributed by atoms with van der Waals surface area (Å²) in [4.78, 5) is 2.04. The molecule has 0 fully saturated rings. The minimum Gasteiger partial charge on any atom is -0.497 e. The lowest BCUT2D eigenvalue weighted by Crippen LogP contribution is -2.33. The normalized spacial score (nSPS) is 14.2. The summed E-state index contributed by atoms with van der Waals surface area (Å²) in [6.45, 7) is 3.21. The van der Waals surface area contributed by atoms with Crippen LogP contribution >= 0.6 is 29.4 Å². The first-order chi connectivity index (χ1) is 15.3. The van der Waals surface area contributed by atoms with E-state index in [0.29, 0.717) is 19.8 Å². The number of ether oxygens (including phenoxy) is 3. The lowest BCUT2D eigenvalue weighted by molar-refractivity contribution is 0.0314. The smallest absolute Gasteiger partial charge is 0.312 e. The van der Waals surface area contributed by atoms with Gasteiger partial charge in [-0.25, -0.2) is 0 Å². The predicted molar refractivity (Wildman–Crippen MR) is 136 cm³/mol. The third-order valence-corrected chi connectivity index (χ3v) is 8.74. The Balaban J connectivity index is 1.94. The molecule has 2 rings (SSSR count). The molecule has 2 atom stereocenters. The van der Waals surface area contributed by atoms with Crippen LogP contribution in [-0.4, -0.2) is 57.9 Å². The van der Waals surface area contributed by atoms with E-state index in [1.54, 1.807) is 14.0 Å². The van der Waals surface area contributed by atoms with Crippen molar-refractivity contribution in [1.82, 2.24) is 4.90 Å². The molecule has 0 aliphatic carbocycles. The van der Waals surface area contributed by atoms with Crippen molar-refractivity contribution in [3.63, 3.8) is 0 Å². The zero-order chi connectivity index (χ0) is 23.4. The highest BCUT2D eigenvalue weighted by molar-refractivity contribution is 8.84. The van der Waals surface area contributed by atoms with Gasteiger partial charge in [0.1, 0.15) is 30.1 Å². The number of thiol groups is 1. The number of para-hydroxylation sites is 1. The van der Waals surface area contributed by atoms with E-state index in [2.05, 4.69) is 30.4 Å². The van der Waals surface area contributed by atoms with Crippen molar-refractivity contribution in [3.05, 3.63) is 59.7 Å². The van der Waals surface area contributed by atoms with Crippen molar-refractivity contribution >= 4 is 29.4 Å². The second-order valence-electron chi connectivity index (χ2n) is 7.45. The van der Waals surface area contributed by atoms with Crippen LogP contribution < -0.4 is 9.47 Å². The molecule has 0 aromatic heterocycles. The first-order valence-electron chi connectivity index (χ1n) is 10.5. The number of methoxy groups -OCH3 is 1. The van der Waals surface area contributed by atoms with Gasteiger partial charge >= 0.3 is 5.77 Å². The lowest BCUT2D eigenvalue weighted by Gasteiger charge is -2.23. The zero-order valence-electron chi connectivity index (χ0n) is 19.2. The molecule has 0 amide bonds. The molecule has 9 heteroatoms. The van der Waals surface area contributed by atoms with Gasteiger partial charge in [0.15, 0.2) is 0 Å². The van der Waals surface area contributed by atoms with Crippen LogP contribution in [0, 0.1) is 0 Å². The Hall–Kier alpha value is -1.15. The SMILES string of the molecule is CCOP(=O)(S)SCOC(COc1ccccc1CCc1cccc(OC)c1)CN(C)C. The van der Waals surface area contributed by atoms with Crippen molar-refractivity contribution in [2.75, 3.05) is 46.9 Å². The molecule has 0 heterocycles. The molecule has 32 heavy (non-hydrogen) atoms. The number of likely N-dealkylation sites (N-methyl/N-ethyl adjacent to an activating group) is 1. The summed E-state index contributed by atoms with van der Waals surface area (Å²) in [5.41, 5.74) is 2.36. The number of nitrogens with zero attached hydrogens (tertiary/aromatic N) is 1. The highest BCUT2D eigenvalue weighted by Gasteiger charge is 2.20. The summed E-state index contributed by atoms with van der Waals surface area (Å²) in [7, 11) is 5.64. The monoisotopic (exact) mass is 499 g/mol. The van der Waals surface area contributed by atoms with Crippen LogP contribution in [0.3, 0.4) is 0 Å². The van der Waals surface area contributed by atoms with E-state index in [4.69, 9.17) is 18.7 Å². The first kappa shape index (κ1) is 27.1. The van der Waals surface area contributed by atoms with Crippen LogP contribution in [0.1, 0.15) is 18.1 Å². The summed E-state index contributed by atoms with van der Waals surface area (Å²) in [6, 6.07) is 16.2. The van der Waals surface area contributed by atoms with E-state index in [1.807, 2.05) is 49.3 Å². The fourth-order valence-corrected chi connectivity index (χ4v) is 5.78. The fourth-order valence-electron chi connectivity index (χ4n) is 3.10. The molecule has 0 aliphatic heterocycles. The summed E-state index contributed by atoms with van der Waals surface area (Å²) in [5.74, 6) is -1.05. The highest BCUT2D eigenvalue weighted by atomic mass is 33.1. The molecule has 0 spiro atoms. The van der Waals surface area contributed by atoms with E-state index in [9.17, 15) is 4.57 Å². The second-order valence-corrected chi connectivity index (χ2v) is 13.8. The molecule has 0 aliphatic rings. The number of hydrogen-bond donors (Lipinski definition) is 1. The van der Waals surface area contributed by atoms with Gasteiger partial charge < -0.3 is 23.6 Å². The van der Waals surface area contributed by atoms with E-state index < -0.39 is 5.77 Å². The van der Waals surface area contributed by atoms with E-state index >= 15 is 0 Å². The average molecular weight is 500 g/mol. The number of rotatable bonds is 15. The Morgan fingerprint density at radius 1 is 1.12 bits per heavy atom. The molecule has 0 radical (unpaired) electrons. The predicted octanol–water partition coefficient (Wildman–Crippen LogP) is 5.57. The Kier molecular flexibility index (Phi) is 12.0. The number of hydrogen-bond acceptors (Lipinski definition) is 7. The van der Waals surface area contributed by atoms with Gasteiger partial charge in [0.2, 0.25) is 0 Å². The molecule has 0 saturated carbocycles.